The Kier molecular flexibility index (Phi) is 4.79. The van der Waals surface area contributed by atoms with Crippen LogP contribution in [0, 0.1) is 0 Å². The second-order valence-corrected chi connectivity index (χ2v) is 7.06. The quantitative estimate of drug-likeness (QED) is 0.409. The van der Waals surface area contributed by atoms with E-state index in [1.807, 2.05) is 36.4 Å². The number of furan rings is 1. The van der Waals surface area contributed by atoms with Crippen molar-refractivity contribution in [1.29, 1.82) is 0 Å². The van der Waals surface area contributed by atoms with Crippen LogP contribution < -0.4 is 0 Å². The van der Waals surface area contributed by atoms with Gasteiger partial charge in [-0.05, 0) is 65.8 Å². The number of nitrogens with zero attached hydrogens (tertiary/aromatic N) is 1. The average molecular weight is 362 g/mol. The summed E-state index contributed by atoms with van der Waals surface area (Å²) < 4.78 is 6.00. The van der Waals surface area contributed by atoms with Crippen molar-refractivity contribution < 1.29 is 4.42 Å². The highest BCUT2D eigenvalue weighted by atomic mass is 35.5. The molecular weight excluding hydrogens is 342 g/mol. The van der Waals surface area contributed by atoms with Crippen molar-refractivity contribution in [2.75, 3.05) is 7.05 Å². The van der Waals surface area contributed by atoms with Gasteiger partial charge in [-0.25, -0.2) is 0 Å². The van der Waals surface area contributed by atoms with Crippen LogP contribution in [0.25, 0.3) is 22.1 Å². The molecule has 0 atom stereocenters. The first-order valence-corrected chi connectivity index (χ1v) is 9.06. The van der Waals surface area contributed by atoms with E-state index in [9.17, 15) is 0 Å². The highest BCUT2D eigenvalue weighted by molar-refractivity contribution is 6.30. The van der Waals surface area contributed by atoms with Gasteiger partial charge in [0.05, 0.1) is 6.54 Å². The van der Waals surface area contributed by atoms with Crippen LogP contribution in [0.3, 0.4) is 0 Å². The van der Waals surface area contributed by atoms with Crippen LogP contribution in [0.5, 0.6) is 0 Å². The molecule has 3 aromatic carbocycles. The number of rotatable bonds is 5. The largest absolute Gasteiger partial charge is 0.460 e. The van der Waals surface area contributed by atoms with Crippen molar-refractivity contribution in [1.82, 2.24) is 4.90 Å². The van der Waals surface area contributed by atoms with Gasteiger partial charge < -0.3 is 4.42 Å². The molecule has 0 N–H and O–H groups in total. The minimum absolute atomic E-state index is 0.732. The topological polar surface area (TPSA) is 16.4 Å². The van der Waals surface area contributed by atoms with E-state index in [1.165, 1.54) is 16.3 Å². The van der Waals surface area contributed by atoms with Gasteiger partial charge >= 0.3 is 0 Å². The molecule has 0 aliphatic heterocycles. The van der Waals surface area contributed by atoms with Gasteiger partial charge in [-0.2, -0.15) is 0 Å². The maximum Gasteiger partial charge on any atom is 0.134 e. The van der Waals surface area contributed by atoms with Crippen LogP contribution in [0.1, 0.15) is 11.3 Å². The average Bonchev–Trinajstić information content (AvgIpc) is 3.10. The number of benzene rings is 3. The summed E-state index contributed by atoms with van der Waals surface area (Å²) in [7, 11) is 2.11. The molecule has 0 radical (unpaired) electrons. The fourth-order valence-electron chi connectivity index (χ4n) is 3.20. The zero-order valence-corrected chi connectivity index (χ0v) is 15.4. The monoisotopic (exact) mass is 361 g/mol. The number of hydrogen-bond donors (Lipinski definition) is 0. The Bertz CT molecular complexity index is 1020. The van der Waals surface area contributed by atoms with Crippen molar-refractivity contribution in [3.05, 3.63) is 95.2 Å². The van der Waals surface area contributed by atoms with Gasteiger partial charge in [0.25, 0.3) is 0 Å². The molecule has 0 fully saturated rings. The Labute approximate surface area is 158 Å². The Hall–Kier alpha value is -2.55. The second-order valence-electron chi connectivity index (χ2n) is 6.63. The molecule has 4 aromatic rings. The molecule has 3 heteroatoms. The molecule has 130 valence electrons. The van der Waals surface area contributed by atoms with Crippen LogP contribution in [0.15, 0.2) is 83.3 Å². The van der Waals surface area contributed by atoms with Crippen LogP contribution in [-0.2, 0) is 13.1 Å². The SMILES string of the molecule is CN(Cc1ccc2ccccc2c1)Cc1ccc(-c2ccc(Cl)cc2)o1. The van der Waals surface area contributed by atoms with E-state index in [0.717, 1.165) is 35.2 Å². The smallest absolute Gasteiger partial charge is 0.134 e. The Morgan fingerprint density at radius 2 is 1.58 bits per heavy atom. The van der Waals surface area contributed by atoms with Gasteiger partial charge in [0, 0.05) is 17.1 Å². The van der Waals surface area contributed by atoms with Crippen molar-refractivity contribution >= 4 is 22.4 Å². The lowest BCUT2D eigenvalue weighted by Crippen LogP contribution is -2.16. The highest BCUT2D eigenvalue weighted by Crippen LogP contribution is 2.24. The summed E-state index contributed by atoms with van der Waals surface area (Å²) in [6.45, 7) is 1.64. The summed E-state index contributed by atoms with van der Waals surface area (Å²) in [5.41, 5.74) is 2.34. The molecule has 1 heterocycles. The van der Waals surface area contributed by atoms with E-state index in [2.05, 4.69) is 54.4 Å². The van der Waals surface area contributed by atoms with Gasteiger partial charge in [-0.15, -0.1) is 0 Å². The normalized spacial score (nSPS) is 11.3. The lowest BCUT2D eigenvalue weighted by atomic mass is 10.1. The van der Waals surface area contributed by atoms with Gasteiger partial charge in [0.15, 0.2) is 0 Å². The number of hydrogen-bond acceptors (Lipinski definition) is 2. The van der Waals surface area contributed by atoms with Crippen LogP contribution in [0.4, 0.5) is 0 Å². The van der Waals surface area contributed by atoms with E-state index < -0.39 is 0 Å². The minimum atomic E-state index is 0.732. The van der Waals surface area contributed by atoms with Crippen molar-refractivity contribution in [2.45, 2.75) is 13.1 Å². The third-order valence-corrected chi connectivity index (χ3v) is 4.73. The fraction of sp³-hybridized carbons (Fsp3) is 0.130. The van der Waals surface area contributed by atoms with E-state index in [-0.39, 0.29) is 0 Å². The zero-order valence-electron chi connectivity index (χ0n) is 14.7. The summed E-state index contributed by atoms with van der Waals surface area (Å²) in [6.07, 6.45) is 0. The lowest BCUT2D eigenvalue weighted by molar-refractivity contribution is 0.289. The summed E-state index contributed by atoms with van der Waals surface area (Å²) in [5.74, 6) is 1.83. The van der Waals surface area contributed by atoms with E-state index >= 15 is 0 Å². The molecule has 0 aliphatic carbocycles. The predicted octanol–water partition coefficient (Wildman–Crippen LogP) is 6.39. The molecule has 0 spiro atoms. The first kappa shape index (κ1) is 16.9. The zero-order chi connectivity index (χ0) is 17.9. The molecule has 26 heavy (non-hydrogen) atoms. The molecule has 0 saturated carbocycles. The van der Waals surface area contributed by atoms with Crippen molar-refractivity contribution in [3.63, 3.8) is 0 Å². The third kappa shape index (κ3) is 3.82. The minimum Gasteiger partial charge on any atom is -0.460 e. The molecule has 2 nitrogen and oxygen atoms in total. The first-order valence-electron chi connectivity index (χ1n) is 8.68. The summed E-state index contributed by atoms with van der Waals surface area (Å²) >= 11 is 5.95. The van der Waals surface area contributed by atoms with E-state index in [0.29, 0.717) is 0 Å². The van der Waals surface area contributed by atoms with E-state index in [1.54, 1.807) is 0 Å². The van der Waals surface area contributed by atoms with Crippen LogP contribution in [0.2, 0.25) is 5.02 Å². The lowest BCUT2D eigenvalue weighted by Gasteiger charge is -2.15. The maximum absolute atomic E-state index is 6.00. The molecule has 4 rings (SSSR count). The van der Waals surface area contributed by atoms with Crippen molar-refractivity contribution in [3.8, 4) is 11.3 Å². The maximum atomic E-state index is 6.00. The molecular formula is C23H20ClNO. The van der Waals surface area contributed by atoms with Gasteiger partial charge in [-0.3, -0.25) is 4.90 Å². The van der Waals surface area contributed by atoms with Gasteiger partial charge in [0.1, 0.15) is 11.5 Å². The van der Waals surface area contributed by atoms with Gasteiger partial charge in [0.2, 0.25) is 0 Å². The van der Waals surface area contributed by atoms with Crippen LogP contribution >= 0.6 is 11.6 Å². The highest BCUT2D eigenvalue weighted by Gasteiger charge is 2.08. The third-order valence-electron chi connectivity index (χ3n) is 4.48. The molecule has 0 amide bonds. The summed E-state index contributed by atoms with van der Waals surface area (Å²) in [5, 5.41) is 3.29. The molecule has 0 unspecified atom stereocenters. The standard InChI is InChI=1S/C23H20ClNO/c1-25(15-17-6-7-18-4-2-3-5-20(18)14-17)16-22-12-13-23(26-22)19-8-10-21(24)11-9-19/h2-14H,15-16H2,1H3. The Balaban J connectivity index is 1.44. The molecule has 1 aromatic heterocycles. The Morgan fingerprint density at radius 1 is 0.808 bits per heavy atom. The molecule has 0 bridgehead atoms. The second kappa shape index (κ2) is 7.36. The Morgan fingerprint density at radius 3 is 2.38 bits per heavy atom. The molecule has 0 aliphatic rings. The van der Waals surface area contributed by atoms with Crippen molar-refractivity contribution in [2.24, 2.45) is 0 Å². The summed E-state index contributed by atoms with van der Waals surface area (Å²) in [6, 6.07) is 26.9. The van der Waals surface area contributed by atoms with E-state index in [4.69, 9.17) is 16.0 Å². The number of fused-ring (bicyclic) bond motifs is 1. The first-order chi connectivity index (χ1) is 12.7. The fourth-order valence-corrected chi connectivity index (χ4v) is 3.33. The van der Waals surface area contributed by atoms with Crippen LogP contribution in [-0.4, -0.2) is 11.9 Å². The predicted molar refractivity (Wildman–Crippen MR) is 108 cm³/mol. The molecule has 0 saturated heterocycles. The summed E-state index contributed by atoms with van der Waals surface area (Å²) in [4.78, 5) is 2.26. The number of halogens is 1. The van der Waals surface area contributed by atoms with Gasteiger partial charge in [-0.1, -0.05) is 48.0 Å².